The molecule has 0 fully saturated rings. The van der Waals surface area contributed by atoms with Crippen molar-refractivity contribution in [1.82, 2.24) is 24.1 Å². The van der Waals surface area contributed by atoms with E-state index in [1.54, 1.807) is 41.2 Å². The summed E-state index contributed by atoms with van der Waals surface area (Å²) >= 11 is 20.7. The van der Waals surface area contributed by atoms with Crippen LogP contribution in [0, 0.1) is 6.92 Å². The number of phenols is 1. The molecule has 53 heavy (non-hydrogen) atoms. The number of aromatic hydroxyl groups is 1. The van der Waals surface area contributed by atoms with Crippen LogP contribution >= 0.6 is 67.4 Å². The van der Waals surface area contributed by atoms with Gasteiger partial charge in [-0.1, -0.05) is 43.8 Å². The molecule has 1 unspecified atom stereocenters. The van der Waals surface area contributed by atoms with Crippen molar-refractivity contribution in [3.05, 3.63) is 85.5 Å². The van der Waals surface area contributed by atoms with E-state index >= 15 is 0 Å². The number of allylic oxidation sites excluding steroid dienone is 1. The standard InChI is InChI=1S/C37H39Cl2N5O5S2.H3PS/c1-20-32(34-28(39)16-27(38)33-26(11-12-31(46)48-5)35(37(47)49-6)42(2)36(33)34)29(41-43(20)3)19-50-17-22-14-23(44(4)40-22)18-51-24-13-21-9-7-8-10-25(21)30(45)15-24;1-2/h8,10,13-16,45H,7,9,11-12,17-19H2,1-6H3;2H,1H2. The summed E-state index contributed by atoms with van der Waals surface area (Å²) in [7, 11) is 10.4. The van der Waals surface area contributed by atoms with Crippen LogP contribution in [0.25, 0.3) is 28.1 Å². The molecule has 2 aromatic carbocycles. The van der Waals surface area contributed by atoms with Crippen LogP contribution in [-0.4, -0.2) is 55.4 Å². The van der Waals surface area contributed by atoms with E-state index in [0.29, 0.717) is 55.0 Å². The molecule has 282 valence electrons. The zero-order valence-electron chi connectivity index (χ0n) is 30.3. The number of fused-ring (bicyclic) bond motifs is 2. The van der Waals surface area contributed by atoms with E-state index in [-0.39, 0.29) is 12.8 Å². The largest absolute Gasteiger partial charge is 0.507 e. The van der Waals surface area contributed by atoms with Crippen LogP contribution in [0.2, 0.25) is 10.0 Å². The number of hydrogen-bond acceptors (Lipinski definition) is 10. The molecule has 0 bridgehead atoms. The van der Waals surface area contributed by atoms with Gasteiger partial charge in [0.15, 0.2) is 0 Å². The molecule has 0 saturated carbocycles. The Bertz CT molecular complexity index is 2210. The van der Waals surface area contributed by atoms with Crippen molar-refractivity contribution < 1.29 is 24.2 Å². The molecule has 1 atom stereocenters. The number of nitrogens with zero attached hydrogens (tertiary/aromatic N) is 5. The van der Waals surface area contributed by atoms with E-state index in [2.05, 4.69) is 38.9 Å². The smallest absolute Gasteiger partial charge is 0.354 e. The van der Waals surface area contributed by atoms with Gasteiger partial charge in [0.25, 0.3) is 0 Å². The number of methoxy groups -OCH3 is 2. The van der Waals surface area contributed by atoms with Gasteiger partial charge in [-0.2, -0.15) is 22.4 Å². The van der Waals surface area contributed by atoms with Crippen molar-refractivity contribution in [3.8, 4) is 16.9 Å². The molecule has 0 spiro atoms. The number of halogens is 2. The molecule has 0 saturated heterocycles. The number of carbonyl (C=O) groups is 2. The van der Waals surface area contributed by atoms with Gasteiger partial charge in [0.1, 0.15) is 11.4 Å². The number of rotatable bonds is 12. The lowest BCUT2D eigenvalue weighted by atomic mass is 9.97. The van der Waals surface area contributed by atoms with Gasteiger partial charge in [0.05, 0.1) is 41.2 Å². The van der Waals surface area contributed by atoms with Gasteiger partial charge in [-0.25, -0.2) is 4.79 Å². The van der Waals surface area contributed by atoms with Crippen LogP contribution in [-0.2, 0) is 65.5 Å². The summed E-state index contributed by atoms with van der Waals surface area (Å²) in [6.45, 7) is 1.98. The number of ether oxygens (including phenoxy) is 2. The Morgan fingerprint density at radius 1 is 0.981 bits per heavy atom. The number of carbonyl (C=O) groups excluding carboxylic acids is 2. The fourth-order valence-corrected chi connectivity index (χ4v) is 9.22. The van der Waals surface area contributed by atoms with E-state index < -0.39 is 11.9 Å². The lowest BCUT2D eigenvalue weighted by molar-refractivity contribution is -0.140. The lowest BCUT2D eigenvalue weighted by Crippen LogP contribution is -2.11. The zero-order valence-corrected chi connectivity index (χ0v) is 35.5. The van der Waals surface area contributed by atoms with Crippen LogP contribution in [0.15, 0.2) is 35.2 Å². The Balaban J connectivity index is 0.00000266. The molecule has 0 aliphatic heterocycles. The minimum Gasteiger partial charge on any atom is -0.507 e. The average molecular weight is 835 g/mol. The van der Waals surface area contributed by atoms with Gasteiger partial charge in [0, 0.05) is 83.2 Å². The second-order valence-corrected chi connectivity index (χ2v) is 15.3. The summed E-state index contributed by atoms with van der Waals surface area (Å²) in [4.78, 5) is 26.3. The van der Waals surface area contributed by atoms with E-state index in [1.165, 1.54) is 19.8 Å². The van der Waals surface area contributed by atoms with E-state index in [0.717, 1.165) is 57.4 Å². The van der Waals surface area contributed by atoms with Crippen LogP contribution in [0.1, 0.15) is 62.8 Å². The second-order valence-electron chi connectivity index (χ2n) is 12.4. The Labute approximate surface area is 335 Å². The minimum atomic E-state index is -0.545. The molecule has 5 aromatic rings. The quantitative estimate of drug-likeness (QED) is 0.0551. The zero-order chi connectivity index (χ0) is 38.6. The highest BCUT2D eigenvalue weighted by atomic mass is 35.5. The first-order valence-electron chi connectivity index (χ1n) is 16.6. The van der Waals surface area contributed by atoms with Crippen molar-refractivity contribution in [3.63, 3.8) is 0 Å². The van der Waals surface area contributed by atoms with Gasteiger partial charge in [-0.15, -0.1) is 23.5 Å². The summed E-state index contributed by atoms with van der Waals surface area (Å²) in [6, 6.07) is 7.83. The summed E-state index contributed by atoms with van der Waals surface area (Å²) in [6.07, 6.45) is 6.31. The fraction of sp³-hybridized carbons (Fsp3) is 0.351. The van der Waals surface area contributed by atoms with Crippen molar-refractivity contribution in [1.29, 1.82) is 0 Å². The third-order valence-electron chi connectivity index (χ3n) is 9.29. The molecular weight excluding hydrogens is 793 g/mol. The van der Waals surface area contributed by atoms with Gasteiger partial charge < -0.3 is 19.1 Å². The first kappa shape index (κ1) is 41.1. The second kappa shape index (κ2) is 18.0. The molecule has 10 nitrogen and oxygen atoms in total. The van der Waals surface area contributed by atoms with Gasteiger partial charge in [-0.05, 0) is 61.6 Å². The van der Waals surface area contributed by atoms with E-state index in [9.17, 15) is 14.7 Å². The number of thiol groups is 1. The summed E-state index contributed by atoms with van der Waals surface area (Å²) in [5, 5.41) is 21.6. The fourth-order valence-electron chi connectivity index (χ4n) is 6.71. The Morgan fingerprint density at radius 2 is 1.74 bits per heavy atom. The maximum Gasteiger partial charge on any atom is 0.354 e. The van der Waals surface area contributed by atoms with Gasteiger partial charge in [0.2, 0.25) is 0 Å². The normalized spacial score (nSPS) is 12.1. The van der Waals surface area contributed by atoms with Gasteiger partial charge >= 0.3 is 11.9 Å². The SMILES string of the molecule is COC(=O)CCc1c(C(=O)OC)n(C)c2c(-c3c(CSCc4cc(CSc5cc(O)c6c(c5)CCC=C6)n(C)n4)nn(C)c3C)c(Cl)cc(Cl)c12.PS. The van der Waals surface area contributed by atoms with Crippen molar-refractivity contribution >= 4 is 96.3 Å². The summed E-state index contributed by atoms with van der Waals surface area (Å²) < 4.78 is 15.5. The maximum atomic E-state index is 13.1. The Hall–Kier alpha value is -3.06. The molecule has 3 aromatic heterocycles. The highest BCUT2D eigenvalue weighted by Crippen LogP contribution is 2.45. The molecule has 1 aliphatic rings. The first-order chi connectivity index (χ1) is 25.4. The lowest BCUT2D eigenvalue weighted by Gasteiger charge is -2.14. The van der Waals surface area contributed by atoms with Crippen molar-refractivity contribution in [2.45, 2.75) is 54.8 Å². The molecule has 0 amide bonds. The number of aromatic nitrogens is 5. The highest BCUT2D eigenvalue weighted by Gasteiger charge is 2.30. The molecule has 6 rings (SSSR count). The van der Waals surface area contributed by atoms with Crippen molar-refractivity contribution in [2.75, 3.05) is 14.2 Å². The topological polar surface area (TPSA) is 113 Å². The van der Waals surface area contributed by atoms with Crippen LogP contribution in [0.5, 0.6) is 5.75 Å². The molecule has 16 heteroatoms. The monoisotopic (exact) mass is 833 g/mol. The predicted octanol–water partition coefficient (Wildman–Crippen LogP) is 8.92. The predicted molar refractivity (Wildman–Crippen MR) is 223 cm³/mol. The molecular formula is C37H42Cl2N5O5PS3. The average Bonchev–Trinajstić information content (AvgIpc) is 3.76. The third kappa shape index (κ3) is 8.61. The molecule has 3 heterocycles. The number of aryl methyl sites for hydroxylation is 5. The maximum absolute atomic E-state index is 13.1. The van der Waals surface area contributed by atoms with E-state index in [1.807, 2.05) is 42.5 Å². The molecule has 1 aliphatic carbocycles. The number of thioether (sulfide) groups is 2. The van der Waals surface area contributed by atoms with Crippen LogP contribution in [0.3, 0.4) is 0 Å². The molecule has 0 radical (unpaired) electrons. The Kier molecular flexibility index (Phi) is 14.0. The molecule has 1 N–H and O–H groups in total. The number of hydrogen-bond donors (Lipinski definition) is 2. The number of phenolic OH excluding ortho intramolecular Hbond substituents is 1. The number of esters is 2. The highest BCUT2D eigenvalue weighted by molar-refractivity contribution is 8.31. The van der Waals surface area contributed by atoms with E-state index in [4.69, 9.17) is 42.9 Å². The number of benzene rings is 2. The van der Waals surface area contributed by atoms with Crippen molar-refractivity contribution in [2.24, 2.45) is 21.1 Å². The van der Waals surface area contributed by atoms with Crippen LogP contribution < -0.4 is 0 Å². The van der Waals surface area contributed by atoms with Crippen LogP contribution in [0.4, 0.5) is 0 Å². The summed E-state index contributed by atoms with van der Waals surface area (Å²) in [5.74, 6) is 1.34. The minimum absolute atomic E-state index is 0.0606. The first-order valence-corrected chi connectivity index (χ1v) is 21.6. The summed E-state index contributed by atoms with van der Waals surface area (Å²) in [5.41, 5.74) is 8.99. The van der Waals surface area contributed by atoms with Gasteiger partial charge in [-0.3, -0.25) is 14.2 Å². The third-order valence-corrected chi connectivity index (χ3v) is 11.9. The Morgan fingerprint density at radius 3 is 2.45 bits per heavy atom.